The van der Waals surface area contributed by atoms with Gasteiger partial charge in [-0.1, -0.05) is 0 Å². The molecule has 0 fully saturated rings. The van der Waals surface area contributed by atoms with Gasteiger partial charge in [0.05, 0.1) is 0 Å². The summed E-state index contributed by atoms with van der Waals surface area (Å²) in [4.78, 5) is 0. The van der Waals surface area contributed by atoms with Crippen molar-refractivity contribution in [1.82, 2.24) is 0 Å². The van der Waals surface area contributed by atoms with Gasteiger partial charge in [0, 0.05) is 0 Å². The summed E-state index contributed by atoms with van der Waals surface area (Å²) in [6.07, 6.45) is 1.09. The third-order valence-corrected chi connectivity index (χ3v) is 2.19. The van der Waals surface area contributed by atoms with E-state index in [4.69, 9.17) is 1.34 Å². The van der Waals surface area contributed by atoms with E-state index in [1.165, 1.54) is 11.1 Å². The molecule has 0 saturated carbocycles. The fourth-order valence-corrected chi connectivity index (χ4v) is 1.50. The predicted octanol–water partition coefficient (Wildman–Crippen LogP) is 2.40. The Hall–Kier alpha value is 0.306. The van der Waals surface area contributed by atoms with E-state index in [2.05, 4.69) is 26.0 Å². The number of aryl methyl sites for hydroxylation is 2. The molecule has 0 aliphatic carbocycles. The molecule has 2 heteroatoms. The second kappa shape index (κ2) is 4.36. The van der Waals surface area contributed by atoms with E-state index in [0.717, 1.165) is 12.2 Å². The fourth-order valence-electron chi connectivity index (χ4n) is 1.01. The molecule has 0 saturated heterocycles. The molecular formula is C9H11OTb. The van der Waals surface area contributed by atoms with Gasteiger partial charge in [0.2, 0.25) is 0 Å². The molecule has 0 unspecified atom stereocenters. The van der Waals surface area contributed by atoms with Crippen LogP contribution in [-0.4, -0.2) is 0 Å². The molecule has 62 valence electrons. The fraction of sp³-hybridized carbons (Fsp3) is 0.333. The van der Waals surface area contributed by atoms with Crippen LogP contribution in [0.5, 0.6) is 5.75 Å². The van der Waals surface area contributed by atoms with Crippen LogP contribution in [0.1, 0.15) is 18.1 Å². The van der Waals surface area contributed by atoms with E-state index in [9.17, 15) is 0 Å². The number of hydrogen-bond acceptors (Lipinski definition) is 1. The van der Waals surface area contributed by atoms with E-state index in [-0.39, 0.29) is 0 Å². The molecule has 1 aromatic rings. The molecule has 0 heterocycles. The number of hydrogen-bond donors (Lipinski definition) is 0. The Kier molecular flexibility index (Phi) is 3.72. The molecule has 0 N–H and O–H groups in total. The maximum atomic E-state index is 5.14. The SMILES string of the molecule is CCc1ccc([O][Tb])c(C)c1. The summed E-state index contributed by atoms with van der Waals surface area (Å²) in [7, 11) is 0. The predicted molar refractivity (Wildman–Crippen MR) is 41.2 cm³/mol. The summed E-state index contributed by atoms with van der Waals surface area (Å²) in [5.41, 5.74) is 2.58. The number of benzene rings is 1. The first-order valence-corrected chi connectivity index (χ1v) is 4.51. The van der Waals surface area contributed by atoms with Gasteiger partial charge < -0.3 is 0 Å². The standard InChI is InChI=1S/C9H12O.Tb/c1-3-8-4-5-9(10)7(2)6-8;/h4-6,10H,3H2,1-2H3;/q;+1/p-1. The molecule has 0 aromatic heterocycles. The first-order valence-electron chi connectivity index (χ1n) is 3.64. The van der Waals surface area contributed by atoms with Crippen molar-refractivity contribution in [3.05, 3.63) is 29.3 Å². The molecular weight excluding hydrogens is 283 g/mol. The van der Waals surface area contributed by atoms with Crippen molar-refractivity contribution in [2.45, 2.75) is 20.3 Å². The first-order chi connectivity index (χ1) is 5.27. The van der Waals surface area contributed by atoms with E-state index in [1.54, 1.807) is 37.2 Å². The van der Waals surface area contributed by atoms with E-state index in [0.29, 0.717) is 0 Å². The van der Waals surface area contributed by atoms with Crippen LogP contribution in [0.3, 0.4) is 0 Å². The van der Waals surface area contributed by atoms with Crippen molar-refractivity contribution < 1.29 is 38.5 Å². The summed E-state index contributed by atoms with van der Waals surface area (Å²) in [5.74, 6) is 0.974. The van der Waals surface area contributed by atoms with Crippen LogP contribution in [0, 0.1) is 44.1 Å². The van der Waals surface area contributed by atoms with Crippen molar-refractivity contribution in [2.75, 3.05) is 0 Å². The summed E-state index contributed by atoms with van der Waals surface area (Å²) in [6, 6.07) is 6.29. The van der Waals surface area contributed by atoms with Crippen LogP contribution < -0.4 is 1.34 Å². The number of rotatable bonds is 2. The Bertz CT molecular complexity index is 245. The van der Waals surface area contributed by atoms with Crippen molar-refractivity contribution >= 4 is 0 Å². The Morgan fingerprint density at radius 2 is 2.18 bits per heavy atom. The topological polar surface area (TPSA) is 9.23 Å². The molecule has 1 rings (SSSR count). The van der Waals surface area contributed by atoms with Gasteiger partial charge in [0.1, 0.15) is 0 Å². The summed E-state index contributed by atoms with van der Waals surface area (Å²) in [6.45, 7) is 4.22. The van der Waals surface area contributed by atoms with E-state index < -0.39 is 0 Å². The molecule has 0 bridgehead atoms. The minimum atomic E-state index is 0.974. The maximum absolute atomic E-state index is 5.14. The molecule has 0 atom stereocenters. The van der Waals surface area contributed by atoms with Gasteiger partial charge in [-0.05, 0) is 0 Å². The quantitative estimate of drug-likeness (QED) is 0.814. The third kappa shape index (κ3) is 2.37. The Balaban J connectivity index is 2.99. The molecule has 1 aromatic carbocycles. The molecule has 1 nitrogen and oxygen atoms in total. The van der Waals surface area contributed by atoms with Gasteiger partial charge in [-0.2, -0.15) is 0 Å². The van der Waals surface area contributed by atoms with Crippen molar-refractivity contribution in [3.8, 4) is 5.75 Å². The van der Waals surface area contributed by atoms with Crippen molar-refractivity contribution in [1.29, 1.82) is 0 Å². The first kappa shape index (κ1) is 9.39. The molecule has 0 amide bonds. The summed E-state index contributed by atoms with van der Waals surface area (Å²) in [5, 5.41) is 0. The van der Waals surface area contributed by atoms with Gasteiger partial charge in [-0.15, -0.1) is 0 Å². The third-order valence-electron chi connectivity index (χ3n) is 1.72. The second-order valence-corrected chi connectivity index (χ2v) is 2.96. The van der Waals surface area contributed by atoms with Gasteiger partial charge in [0.25, 0.3) is 0 Å². The Morgan fingerprint density at radius 3 is 2.64 bits per heavy atom. The monoisotopic (exact) mass is 294 g/mol. The zero-order valence-corrected chi connectivity index (χ0v) is 8.82. The van der Waals surface area contributed by atoms with Crippen LogP contribution in [0.25, 0.3) is 0 Å². The molecule has 0 radical (unpaired) electrons. The minimum absolute atomic E-state index is 0.974. The summed E-state index contributed by atoms with van der Waals surface area (Å²) < 4.78 is 5.14. The summed E-state index contributed by atoms with van der Waals surface area (Å²) >= 11 is 1.70. The van der Waals surface area contributed by atoms with E-state index in [1.807, 2.05) is 6.07 Å². The molecule has 0 aliphatic heterocycles. The zero-order valence-electron chi connectivity index (χ0n) is 6.68. The average Bonchev–Trinajstić information content (AvgIpc) is 2.04. The van der Waals surface area contributed by atoms with Crippen molar-refractivity contribution in [3.63, 3.8) is 0 Å². The van der Waals surface area contributed by atoms with Gasteiger partial charge >= 0.3 is 93.9 Å². The molecule has 0 aliphatic rings. The average molecular weight is 294 g/mol. The molecule has 0 spiro atoms. The van der Waals surface area contributed by atoms with Crippen LogP contribution in [0.2, 0.25) is 0 Å². The van der Waals surface area contributed by atoms with E-state index >= 15 is 0 Å². The van der Waals surface area contributed by atoms with Crippen molar-refractivity contribution in [2.24, 2.45) is 0 Å². The normalized spacial score (nSPS) is 9.82. The van der Waals surface area contributed by atoms with Gasteiger partial charge in [-0.3, -0.25) is 0 Å². The van der Waals surface area contributed by atoms with Gasteiger partial charge in [0.15, 0.2) is 0 Å². The Labute approximate surface area is 93.1 Å². The van der Waals surface area contributed by atoms with Gasteiger partial charge in [-0.25, -0.2) is 0 Å². The van der Waals surface area contributed by atoms with Crippen LogP contribution in [0.4, 0.5) is 0 Å². The molecule has 11 heavy (non-hydrogen) atoms. The zero-order chi connectivity index (χ0) is 8.27. The van der Waals surface area contributed by atoms with Crippen LogP contribution in [0.15, 0.2) is 18.2 Å². The van der Waals surface area contributed by atoms with Crippen LogP contribution in [-0.2, 0) is 6.42 Å². The van der Waals surface area contributed by atoms with Crippen LogP contribution >= 0.6 is 0 Å². The Morgan fingerprint density at radius 1 is 1.45 bits per heavy atom. The second-order valence-electron chi connectivity index (χ2n) is 2.52.